The van der Waals surface area contributed by atoms with Crippen LogP contribution in [-0.2, 0) is 17.1 Å². The van der Waals surface area contributed by atoms with E-state index >= 15 is 0 Å². The first kappa shape index (κ1) is 16.5. The van der Waals surface area contributed by atoms with Crippen LogP contribution in [0.2, 0.25) is 5.02 Å². The molecule has 23 heavy (non-hydrogen) atoms. The van der Waals surface area contributed by atoms with E-state index in [1.165, 1.54) is 6.26 Å². The summed E-state index contributed by atoms with van der Waals surface area (Å²) in [4.78, 5) is 2.19. The number of sulfonamides is 1. The summed E-state index contributed by atoms with van der Waals surface area (Å²) in [7, 11) is -1.34. The number of aryl methyl sites for hydroxylation is 1. The summed E-state index contributed by atoms with van der Waals surface area (Å²) in [5, 5.41) is 5.99. The molecule has 0 bridgehead atoms. The van der Waals surface area contributed by atoms with E-state index in [1.807, 2.05) is 39.2 Å². The molecule has 1 aromatic heterocycles. The Balaban J connectivity index is 2.02. The minimum atomic E-state index is -3.22. The maximum atomic E-state index is 12.0. The molecule has 1 aromatic carbocycles. The fourth-order valence-electron chi connectivity index (χ4n) is 3.42. The van der Waals surface area contributed by atoms with E-state index in [1.54, 1.807) is 8.99 Å². The van der Waals surface area contributed by atoms with Crippen LogP contribution in [0.5, 0.6) is 0 Å². The number of nitrogens with zero attached hydrogens (tertiary/aromatic N) is 4. The van der Waals surface area contributed by atoms with Crippen molar-refractivity contribution in [3.8, 4) is 0 Å². The molecule has 0 saturated carbocycles. The van der Waals surface area contributed by atoms with Crippen LogP contribution in [0.25, 0.3) is 10.9 Å². The lowest BCUT2D eigenvalue weighted by molar-refractivity contribution is 0.206. The second kappa shape index (κ2) is 5.36. The highest BCUT2D eigenvalue weighted by atomic mass is 35.5. The summed E-state index contributed by atoms with van der Waals surface area (Å²) in [5.74, 6) is 0. The Kier molecular flexibility index (Phi) is 3.85. The van der Waals surface area contributed by atoms with Gasteiger partial charge in [0.15, 0.2) is 0 Å². The highest BCUT2D eigenvalue weighted by Crippen LogP contribution is 2.34. The number of fused-ring (bicyclic) bond motifs is 1. The molecule has 1 saturated heterocycles. The van der Waals surface area contributed by atoms with Crippen molar-refractivity contribution in [3.63, 3.8) is 0 Å². The molecule has 1 aliphatic heterocycles. The van der Waals surface area contributed by atoms with Gasteiger partial charge in [-0.05, 0) is 26.0 Å². The third kappa shape index (κ3) is 2.93. The van der Waals surface area contributed by atoms with Gasteiger partial charge in [0, 0.05) is 48.3 Å². The van der Waals surface area contributed by atoms with Gasteiger partial charge in [-0.25, -0.2) is 8.42 Å². The normalized spacial score (nSPS) is 19.4. The summed E-state index contributed by atoms with van der Waals surface area (Å²) < 4.78 is 27.3. The Bertz CT molecular complexity index is 860. The van der Waals surface area contributed by atoms with Gasteiger partial charge >= 0.3 is 0 Å². The third-order valence-corrected chi connectivity index (χ3v) is 6.07. The molecule has 0 spiro atoms. The molecular formula is C15H21ClN4O2S. The molecule has 3 rings (SSSR count). The summed E-state index contributed by atoms with van der Waals surface area (Å²) >= 11 is 6.27. The number of rotatable bonds is 2. The van der Waals surface area contributed by atoms with E-state index in [0.717, 1.165) is 16.6 Å². The van der Waals surface area contributed by atoms with Gasteiger partial charge in [-0.2, -0.15) is 9.40 Å². The molecule has 0 aliphatic carbocycles. The van der Waals surface area contributed by atoms with Gasteiger partial charge in [-0.3, -0.25) is 4.68 Å². The SMILES string of the molecule is Cn1ncc2c(N3CCN(S(C)(=O)=O)C(C)(C)C3)cc(Cl)cc21. The molecule has 1 aliphatic rings. The van der Waals surface area contributed by atoms with Crippen molar-refractivity contribution in [2.75, 3.05) is 30.8 Å². The van der Waals surface area contributed by atoms with Gasteiger partial charge < -0.3 is 4.90 Å². The number of aromatic nitrogens is 2. The molecule has 0 atom stereocenters. The minimum Gasteiger partial charge on any atom is -0.368 e. The Morgan fingerprint density at radius 1 is 1.26 bits per heavy atom. The number of halogens is 1. The first-order valence-electron chi connectivity index (χ1n) is 7.43. The highest BCUT2D eigenvalue weighted by Gasteiger charge is 2.39. The Labute approximate surface area is 141 Å². The maximum absolute atomic E-state index is 12.0. The average molecular weight is 357 g/mol. The topological polar surface area (TPSA) is 58.4 Å². The Morgan fingerprint density at radius 3 is 2.57 bits per heavy atom. The fourth-order valence-corrected chi connectivity index (χ4v) is 4.99. The summed E-state index contributed by atoms with van der Waals surface area (Å²) in [6, 6.07) is 3.82. The molecule has 0 unspecified atom stereocenters. The lowest BCUT2D eigenvalue weighted by atomic mass is 10.0. The minimum absolute atomic E-state index is 0.458. The highest BCUT2D eigenvalue weighted by molar-refractivity contribution is 7.88. The zero-order valence-electron chi connectivity index (χ0n) is 13.7. The van der Waals surface area contributed by atoms with Gasteiger partial charge in [0.25, 0.3) is 0 Å². The third-order valence-electron chi connectivity index (χ3n) is 4.38. The Morgan fingerprint density at radius 2 is 1.96 bits per heavy atom. The molecule has 0 N–H and O–H groups in total. The average Bonchev–Trinajstić information content (AvgIpc) is 2.77. The lowest BCUT2D eigenvalue weighted by Gasteiger charge is -2.46. The lowest BCUT2D eigenvalue weighted by Crippen LogP contribution is -2.60. The quantitative estimate of drug-likeness (QED) is 0.826. The molecule has 2 heterocycles. The van der Waals surface area contributed by atoms with Crippen molar-refractivity contribution in [1.82, 2.24) is 14.1 Å². The number of benzene rings is 1. The first-order chi connectivity index (χ1) is 10.6. The number of piperazine rings is 1. The molecule has 126 valence electrons. The van der Waals surface area contributed by atoms with E-state index in [2.05, 4.69) is 10.00 Å². The van der Waals surface area contributed by atoms with Crippen molar-refractivity contribution in [1.29, 1.82) is 0 Å². The van der Waals surface area contributed by atoms with Crippen molar-refractivity contribution in [3.05, 3.63) is 23.4 Å². The largest absolute Gasteiger partial charge is 0.368 e. The number of hydrogen-bond acceptors (Lipinski definition) is 4. The smallest absolute Gasteiger partial charge is 0.211 e. The molecule has 8 heteroatoms. The second-order valence-electron chi connectivity index (χ2n) is 6.70. The van der Waals surface area contributed by atoms with Crippen LogP contribution in [-0.4, -0.2) is 53.9 Å². The van der Waals surface area contributed by atoms with Crippen LogP contribution in [0, 0.1) is 0 Å². The molecule has 1 fully saturated rings. The zero-order valence-corrected chi connectivity index (χ0v) is 15.3. The van der Waals surface area contributed by atoms with Gasteiger partial charge in [0.05, 0.1) is 18.0 Å². The van der Waals surface area contributed by atoms with Gasteiger partial charge in [-0.15, -0.1) is 0 Å². The number of hydrogen-bond donors (Lipinski definition) is 0. The van der Waals surface area contributed by atoms with Crippen LogP contribution in [0.4, 0.5) is 5.69 Å². The van der Waals surface area contributed by atoms with E-state index < -0.39 is 15.6 Å². The predicted octanol–water partition coefficient (Wildman–Crippen LogP) is 2.09. The van der Waals surface area contributed by atoms with Crippen LogP contribution < -0.4 is 4.90 Å². The van der Waals surface area contributed by atoms with E-state index in [-0.39, 0.29) is 0 Å². The van der Waals surface area contributed by atoms with Crippen LogP contribution >= 0.6 is 11.6 Å². The van der Waals surface area contributed by atoms with E-state index in [4.69, 9.17) is 11.6 Å². The second-order valence-corrected chi connectivity index (χ2v) is 9.04. The molecule has 0 amide bonds. The molecular weight excluding hydrogens is 336 g/mol. The van der Waals surface area contributed by atoms with Gasteiger partial charge in [0.1, 0.15) is 0 Å². The van der Waals surface area contributed by atoms with E-state index in [9.17, 15) is 8.42 Å². The van der Waals surface area contributed by atoms with Gasteiger partial charge in [0.2, 0.25) is 10.0 Å². The maximum Gasteiger partial charge on any atom is 0.211 e. The summed E-state index contributed by atoms with van der Waals surface area (Å²) in [6.07, 6.45) is 3.10. The van der Waals surface area contributed by atoms with E-state index in [0.29, 0.717) is 24.7 Å². The standard InChI is InChI=1S/C15H21ClN4O2S/c1-15(2)10-19(5-6-20(15)23(4,21)22)14-8-11(16)7-13-12(14)9-17-18(13)3/h7-9H,5-6,10H2,1-4H3. The zero-order chi connectivity index (χ0) is 17.0. The fraction of sp³-hybridized carbons (Fsp3) is 0.533. The van der Waals surface area contributed by atoms with Crippen molar-refractivity contribution >= 4 is 38.2 Å². The molecule has 2 aromatic rings. The van der Waals surface area contributed by atoms with Crippen LogP contribution in [0.15, 0.2) is 18.3 Å². The van der Waals surface area contributed by atoms with Crippen LogP contribution in [0.3, 0.4) is 0 Å². The first-order valence-corrected chi connectivity index (χ1v) is 9.66. The molecule has 6 nitrogen and oxygen atoms in total. The monoisotopic (exact) mass is 356 g/mol. The van der Waals surface area contributed by atoms with Crippen molar-refractivity contribution in [2.45, 2.75) is 19.4 Å². The van der Waals surface area contributed by atoms with Crippen molar-refractivity contribution in [2.24, 2.45) is 7.05 Å². The Hall–Kier alpha value is -1.31. The van der Waals surface area contributed by atoms with Gasteiger partial charge in [-0.1, -0.05) is 11.6 Å². The summed E-state index contributed by atoms with van der Waals surface area (Å²) in [6.45, 7) is 5.59. The molecule has 0 radical (unpaired) electrons. The van der Waals surface area contributed by atoms with Crippen molar-refractivity contribution < 1.29 is 8.42 Å². The summed E-state index contributed by atoms with van der Waals surface area (Å²) in [5.41, 5.74) is 1.49. The van der Waals surface area contributed by atoms with Crippen LogP contribution in [0.1, 0.15) is 13.8 Å². The predicted molar refractivity (Wildman–Crippen MR) is 93.6 cm³/mol. The number of anilines is 1.